The van der Waals surface area contributed by atoms with Gasteiger partial charge in [-0.05, 0) is 11.6 Å². The summed E-state index contributed by atoms with van der Waals surface area (Å²) >= 11 is 0. The summed E-state index contributed by atoms with van der Waals surface area (Å²) in [6, 6.07) is 7.71. The van der Waals surface area contributed by atoms with Crippen LogP contribution in [0.4, 0.5) is 5.69 Å². The Morgan fingerprint density at radius 1 is 1.50 bits per heavy atom. The van der Waals surface area contributed by atoms with Crippen LogP contribution < -0.4 is 5.32 Å². The summed E-state index contributed by atoms with van der Waals surface area (Å²) in [5, 5.41) is 3.11. The topological polar surface area (TPSA) is 38.3 Å². The fraction of sp³-hybridized carbons (Fsp3) is 0.300. The van der Waals surface area contributed by atoms with Gasteiger partial charge in [0.1, 0.15) is 6.04 Å². The number of ether oxygens (including phenoxy) is 1. The number of carbonyl (C=O) groups is 1. The van der Waals surface area contributed by atoms with E-state index in [4.69, 9.17) is 0 Å². The van der Waals surface area contributed by atoms with Gasteiger partial charge in [-0.2, -0.15) is 0 Å². The van der Waals surface area contributed by atoms with E-state index < -0.39 is 0 Å². The number of para-hydroxylation sites is 1. The summed E-state index contributed by atoms with van der Waals surface area (Å²) in [5.74, 6) is -0.198. The van der Waals surface area contributed by atoms with Crippen molar-refractivity contribution in [2.45, 2.75) is 12.5 Å². The van der Waals surface area contributed by atoms with Gasteiger partial charge in [-0.3, -0.25) is 0 Å². The lowest BCUT2D eigenvalue weighted by Gasteiger charge is -2.07. The second-order valence-corrected chi connectivity index (χ2v) is 3.08. The van der Waals surface area contributed by atoms with Crippen LogP contribution in [0.3, 0.4) is 0 Å². The first-order valence-corrected chi connectivity index (χ1v) is 4.23. The van der Waals surface area contributed by atoms with Crippen molar-refractivity contribution >= 4 is 24.1 Å². The molecule has 0 saturated carbocycles. The molecule has 0 saturated heterocycles. The van der Waals surface area contributed by atoms with E-state index >= 15 is 0 Å². The number of nitrogens with one attached hydrogen (secondary N) is 1. The fourth-order valence-electron chi connectivity index (χ4n) is 1.58. The molecule has 0 aliphatic carbocycles. The number of methoxy groups -OCH3 is 1. The molecule has 3 nitrogen and oxygen atoms in total. The standard InChI is InChI=1S/C10H11NO2.ClH/c1-13-10(12)9-6-7-4-2-3-5-8(7)11-9;/h2-5,9,11H,6H2,1H3;1H. The number of anilines is 1. The Kier molecular flexibility index (Phi) is 3.36. The van der Waals surface area contributed by atoms with Crippen molar-refractivity contribution in [3.05, 3.63) is 29.8 Å². The highest BCUT2D eigenvalue weighted by atomic mass is 35.5. The van der Waals surface area contributed by atoms with Gasteiger partial charge in [0.05, 0.1) is 7.11 Å². The summed E-state index contributed by atoms with van der Waals surface area (Å²) in [6.45, 7) is 0. The van der Waals surface area contributed by atoms with Crippen LogP contribution in [0.5, 0.6) is 0 Å². The average Bonchev–Trinajstić information content (AvgIpc) is 2.59. The highest BCUT2D eigenvalue weighted by Gasteiger charge is 2.26. The predicted molar refractivity (Wildman–Crippen MR) is 56.8 cm³/mol. The van der Waals surface area contributed by atoms with Gasteiger partial charge < -0.3 is 10.1 Å². The molecule has 76 valence electrons. The normalized spacial score (nSPS) is 17.6. The molecule has 0 radical (unpaired) electrons. The number of hydrogen-bond acceptors (Lipinski definition) is 3. The average molecular weight is 214 g/mol. The van der Waals surface area contributed by atoms with E-state index in [2.05, 4.69) is 10.1 Å². The number of esters is 1. The maximum absolute atomic E-state index is 11.2. The smallest absolute Gasteiger partial charge is 0.328 e. The van der Waals surface area contributed by atoms with Crippen LogP contribution in [-0.4, -0.2) is 19.1 Å². The number of fused-ring (bicyclic) bond motifs is 1. The summed E-state index contributed by atoms with van der Waals surface area (Å²) in [4.78, 5) is 11.2. The predicted octanol–water partition coefficient (Wildman–Crippen LogP) is 1.62. The van der Waals surface area contributed by atoms with Gasteiger partial charge in [0.25, 0.3) is 0 Å². The van der Waals surface area contributed by atoms with E-state index in [1.165, 1.54) is 12.7 Å². The first-order chi connectivity index (χ1) is 6.31. The summed E-state index contributed by atoms with van der Waals surface area (Å²) in [5.41, 5.74) is 2.22. The second-order valence-electron chi connectivity index (χ2n) is 3.08. The van der Waals surface area contributed by atoms with Gasteiger partial charge in [-0.25, -0.2) is 4.79 Å². The third-order valence-electron chi connectivity index (χ3n) is 2.26. The molecule has 4 heteroatoms. The van der Waals surface area contributed by atoms with Crippen molar-refractivity contribution in [3.8, 4) is 0 Å². The zero-order valence-electron chi connectivity index (χ0n) is 7.82. The van der Waals surface area contributed by atoms with Crippen LogP contribution >= 0.6 is 12.4 Å². The molecule has 1 unspecified atom stereocenters. The van der Waals surface area contributed by atoms with E-state index in [0.717, 1.165) is 12.1 Å². The number of hydrogen-bond donors (Lipinski definition) is 1. The largest absolute Gasteiger partial charge is 0.467 e. The van der Waals surface area contributed by atoms with Gasteiger partial charge >= 0.3 is 5.97 Å². The SMILES string of the molecule is COC(=O)C1Cc2ccccc2N1.Cl. The molecule has 0 fully saturated rings. The van der Waals surface area contributed by atoms with E-state index in [1.54, 1.807) is 0 Å². The van der Waals surface area contributed by atoms with Crippen molar-refractivity contribution < 1.29 is 9.53 Å². The van der Waals surface area contributed by atoms with E-state index in [0.29, 0.717) is 0 Å². The molecule has 0 spiro atoms. The van der Waals surface area contributed by atoms with Gasteiger partial charge in [-0.1, -0.05) is 18.2 Å². The minimum absolute atomic E-state index is 0. The maximum atomic E-state index is 11.2. The molecule has 1 aromatic carbocycles. The summed E-state index contributed by atoms with van der Waals surface area (Å²) < 4.78 is 4.66. The van der Waals surface area contributed by atoms with Gasteiger partial charge in [0.15, 0.2) is 0 Å². The lowest BCUT2D eigenvalue weighted by atomic mass is 10.1. The van der Waals surface area contributed by atoms with Crippen molar-refractivity contribution in [2.75, 3.05) is 12.4 Å². The van der Waals surface area contributed by atoms with E-state index in [1.807, 2.05) is 24.3 Å². The first-order valence-electron chi connectivity index (χ1n) is 4.23. The lowest BCUT2D eigenvalue weighted by Crippen LogP contribution is -2.27. The number of rotatable bonds is 1. The van der Waals surface area contributed by atoms with Crippen LogP contribution in [-0.2, 0) is 16.0 Å². The Morgan fingerprint density at radius 3 is 2.86 bits per heavy atom. The molecule has 1 atom stereocenters. The van der Waals surface area contributed by atoms with Gasteiger partial charge in [-0.15, -0.1) is 12.4 Å². The van der Waals surface area contributed by atoms with Gasteiger partial charge in [0, 0.05) is 12.1 Å². The number of carbonyl (C=O) groups excluding carboxylic acids is 1. The monoisotopic (exact) mass is 213 g/mol. The zero-order valence-corrected chi connectivity index (χ0v) is 8.64. The molecule has 1 aliphatic rings. The molecule has 0 amide bonds. The van der Waals surface area contributed by atoms with Crippen molar-refractivity contribution in [3.63, 3.8) is 0 Å². The zero-order chi connectivity index (χ0) is 9.26. The van der Waals surface area contributed by atoms with E-state index in [-0.39, 0.29) is 24.4 Å². The van der Waals surface area contributed by atoms with Crippen LogP contribution in [0.2, 0.25) is 0 Å². The minimum atomic E-state index is -0.206. The molecule has 1 heterocycles. The summed E-state index contributed by atoms with van der Waals surface area (Å²) in [6.07, 6.45) is 0.725. The number of halogens is 1. The molecule has 1 aliphatic heterocycles. The Labute approximate surface area is 88.9 Å². The maximum Gasteiger partial charge on any atom is 0.328 e. The molecular weight excluding hydrogens is 202 g/mol. The molecule has 0 bridgehead atoms. The fourth-order valence-corrected chi connectivity index (χ4v) is 1.58. The highest BCUT2D eigenvalue weighted by Crippen LogP contribution is 2.25. The molecule has 14 heavy (non-hydrogen) atoms. The van der Waals surface area contributed by atoms with Crippen LogP contribution in [0.25, 0.3) is 0 Å². The second kappa shape index (κ2) is 4.33. The van der Waals surface area contributed by atoms with Crippen molar-refractivity contribution in [2.24, 2.45) is 0 Å². The van der Waals surface area contributed by atoms with E-state index in [9.17, 15) is 4.79 Å². The first kappa shape index (κ1) is 10.9. The third-order valence-corrected chi connectivity index (χ3v) is 2.26. The van der Waals surface area contributed by atoms with Crippen LogP contribution in [0.1, 0.15) is 5.56 Å². The quantitative estimate of drug-likeness (QED) is 0.721. The molecule has 2 rings (SSSR count). The Balaban J connectivity index is 0.000000980. The molecule has 1 aromatic rings. The minimum Gasteiger partial charge on any atom is -0.467 e. The third kappa shape index (κ3) is 1.82. The summed E-state index contributed by atoms with van der Waals surface area (Å²) in [7, 11) is 1.41. The number of benzene rings is 1. The molecular formula is C10H12ClNO2. The van der Waals surface area contributed by atoms with Crippen LogP contribution in [0.15, 0.2) is 24.3 Å². The Bertz CT molecular complexity index is 316. The van der Waals surface area contributed by atoms with Crippen molar-refractivity contribution in [1.29, 1.82) is 0 Å². The van der Waals surface area contributed by atoms with Crippen molar-refractivity contribution in [1.82, 2.24) is 0 Å². The Morgan fingerprint density at radius 2 is 2.21 bits per heavy atom. The molecule has 0 aromatic heterocycles. The van der Waals surface area contributed by atoms with Crippen LogP contribution in [0, 0.1) is 0 Å². The highest BCUT2D eigenvalue weighted by molar-refractivity contribution is 5.85. The lowest BCUT2D eigenvalue weighted by molar-refractivity contribution is -0.141. The Hall–Kier alpha value is -1.22. The molecule has 1 N–H and O–H groups in total. The van der Waals surface area contributed by atoms with Gasteiger partial charge in [0.2, 0.25) is 0 Å².